The van der Waals surface area contributed by atoms with Crippen molar-refractivity contribution in [1.82, 2.24) is 9.78 Å². The molecule has 0 unspecified atom stereocenters. The molecule has 1 aromatic carbocycles. The second-order valence-electron chi connectivity index (χ2n) is 4.05. The summed E-state index contributed by atoms with van der Waals surface area (Å²) >= 11 is 6.06. The van der Waals surface area contributed by atoms with E-state index in [0.29, 0.717) is 18.1 Å². The fourth-order valence-electron chi connectivity index (χ4n) is 1.73. The molecule has 4 nitrogen and oxygen atoms in total. The summed E-state index contributed by atoms with van der Waals surface area (Å²) in [5.41, 5.74) is 7.78. The van der Waals surface area contributed by atoms with Gasteiger partial charge in [0.15, 0.2) is 0 Å². The molecule has 18 heavy (non-hydrogen) atoms. The molecular weight excluding hydrogens is 250 g/mol. The van der Waals surface area contributed by atoms with Crippen molar-refractivity contribution in [2.45, 2.75) is 20.0 Å². The molecule has 0 fully saturated rings. The van der Waals surface area contributed by atoms with Gasteiger partial charge in [0.05, 0.1) is 12.2 Å². The van der Waals surface area contributed by atoms with Gasteiger partial charge >= 0.3 is 0 Å². The SMILES string of the molecule is Cc1nn(Cc2ccccc2Cl)c(=O)cc1CN. The predicted octanol–water partition coefficient (Wildman–Crippen LogP) is 1.71. The molecule has 0 saturated carbocycles. The highest BCUT2D eigenvalue weighted by molar-refractivity contribution is 6.31. The summed E-state index contributed by atoms with van der Waals surface area (Å²) in [6, 6.07) is 8.93. The molecule has 5 heteroatoms. The number of nitrogens with two attached hydrogens (primary N) is 1. The Kier molecular flexibility index (Phi) is 3.79. The summed E-state index contributed by atoms with van der Waals surface area (Å²) in [5, 5.41) is 4.88. The van der Waals surface area contributed by atoms with Crippen LogP contribution in [-0.2, 0) is 13.1 Å². The van der Waals surface area contributed by atoms with Crippen molar-refractivity contribution in [3.05, 3.63) is 62.5 Å². The largest absolute Gasteiger partial charge is 0.326 e. The molecule has 2 aromatic rings. The molecule has 0 atom stereocenters. The number of hydrogen-bond donors (Lipinski definition) is 1. The summed E-state index contributed by atoms with van der Waals surface area (Å²) < 4.78 is 1.40. The fraction of sp³-hybridized carbons (Fsp3) is 0.231. The summed E-state index contributed by atoms with van der Waals surface area (Å²) in [7, 11) is 0. The van der Waals surface area contributed by atoms with E-state index in [4.69, 9.17) is 17.3 Å². The normalized spacial score (nSPS) is 10.6. The van der Waals surface area contributed by atoms with Crippen LogP contribution in [0.2, 0.25) is 5.02 Å². The van der Waals surface area contributed by atoms with E-state index < -0.39 is 0 Å². The third kappa shape index (κ3) is 2.60. The van der Waals surface area contributed by atoms with Gasteiger partial charge in [-0.1, -0.05) is 29.8 Å². The molecule has 0 amide bonds. The van der Waals surface area contributed by atoms with Crippen LogP contribution >= 0.6 is 11.6 Å². The maximum Gasteiger partial charge on any atom is 0.267 e. The van der Waals surface area contributed by atoms with Crippen LogP contribution in [0.3, 0.4) is 0 Å². The fourth-order valence-corrected chi connectivity index (χ4v) is 1.93. The summed E-state index contributed by atoms with van der Waals surface area (Å²) in [6.45, 7) is 2.52. The van der Waals surface area contributed by atoms with E-state index in [-0.39, 0.29) is 5.56 Å². The minimum absolute atomic E-state index is 0.166. The minimum atomic E-state index is -0.166. The smallest absolute Gasteiger partial charge is 0.267 e. The zero-order chi connectivity index (χ0) is 13.1. The zero-order valence-electron chi connectivity index (χ0n) is 10.1. The molecule has 1 heterocycles. The van der Waals surface area contributed by atoms with Gasteiger partial charge in [0, 0.05) is 17.6 Å². The molecule has 0 spiro atoms. The number of rotatable bonds is 3. The van der Waals surface area contributed by atoms with Crippen LogP contribution < -0.4 is 11.3 Å². The van der Waals surface area contributed by atoms with Gasteiger partial charge < -0.3 is 5.73 Å². The first-order valence-electron chi connectivity index (χ1n) is 5.63. The van der Waals surface area contributed by atoms with Crippen molar-refractivity contribution in [3.63, 3.8) is 0 Å². The lowest BCUT2D eigenvalue weighted by Gasteiger charge is -2.09. The van der Waals surface area contributed by atoms with Crippen LogP contribution in [0, 0.1) is 6.92 Å². The molecule has 1 aromatic heterocycles. The van der Waals surface area contributed by atoms with E-state index in [9.17, 15) is 4.79 Å². The van der Waals surface area contributed by atoms with Crippen LogP contribution in [0.1, 0.15) is 16.8 Å². The van der Waals surface area contributed by atoms with Crippen LogP contribution in [0.4, 0.5) is 0 Å². The Morgan fingerprint density at radius 1 is 1.33 bits per heavy atom. The molecule has 0 aliphatic heterocycles. The zero-order valence-corrected chi connectivity index (χ0v) is 10.8. The van der Waals surface area contributed by atoms with Gasteiger partial charge in [-0.25, -0.2) is 4.68 Å². The number of aromatic nitrogens is 2. The van der Waals surface area contributed by atoms with E-state index in [0.717, 1.165) is 16.8 Å². The predicted molar refractivity (Wildman–Crippen MR) is 71.7 cm³/mol. The standard InChI is InChI=1S/C13H14ClN3O/c1-9-11(7-15)6-13(18)17(16-9)8-10-4-2-3-5-12(10)14/h2-6H,7-8,15H2,1H3. The van der Waals surface area contributed by atoms with E-state index in [2.05, 4.69) is 5.10 Å². The average molecular weight is 264 g/mol. The molecule has 0 radical (unpaired) electrons. The number of halogens is 1. The van der Waals surface area contributed by atoms with Gasteiger partial charge in [0.2, 0.25) is 0 Å². The van der Waals surface area contributed by atoms with Crippen molar-refractivity contribution in [2.24, 2.45) is 5.73 Å². The van der Waals surface area contributed by atoms with Gasteiger partial charge in [-0.3, -0.25) is 4.79 Å². The Balaban J connectivity index is 2.39. The maximum absolute atomic E-state index is 11.9. The Labute approximate surface area is 110 Å². The van der Waals surface area contributed by atoms with Crippen molar-refractivity contribution >= 4 is 11.6 Å². The van der Waals surface area contributed by atoms with Crippen LogP contribution in [-0.4, -0.2) is 9.78 Å². The van der Waals surface area contributed by atoms with Crippen molar-refractivity contribution in [2.75, 3.05) is 0 Å². The quantitative estimate of drug-likeness (QED) is 0.917. The second kappa shape index (κ2) is 5.33. The van der Waals surface area contributed by atoms with E-state index in [1.54, 1.807) is 6.07 Å². The summed E-state index contributed by atoms with van der Waals surface area (Å²) in [6.07, 6.45) is 0. The van der Waals surface area contributed by atoms with Crippen LogP contribution in [0.5, 0.6) is 0 Å². The summed E-state index contributed by atoms with van der Waals surface area (Å²) in [4.78, 5) is 11.9. The van der Waals surface area contributed by atoms with Crippen molar-refractivity contribution < 1.29 is 0 Å². The lowest BCUT2D eigenvalue weighted by atomic mass is 10.2. The molecule has 94 valence electrons. The third-order valence-corrected chi connectivity index (χ3v) is 3.15. The molecule has 0 aliphatic carbocycles. The third-order valence-electron chi connectivity index (χ3n) is 2.79. The Morgan fingerprint density at radius 2 is 2.06 bits per heavy atom. The molecule has 2 N–H and O–H groups in total. The molecule has 0 aliphatic rings. The maximum atomic E-state index is 11.9. The number of nitrogens with zero attached hydrogens (tertiary/aromatic N) is 2. The van der Waals surface area contributed by atoms with Gasteiger partial charge in [0.25, 0.3) is 5.56 Å². The molecular formula is C13H14ClN3O. The molecule has 0 saturated heterocycles. The first-order chi connectivity index (χ1) is 8.61. The topological polar surface area (TPSA) is 60.9 Å². The van der Waals surface area contributed by atoms with E-state index in [1.165, 1.54) is 10.7 Å². The molecule has 0 bridgehead atoms. The Hall–Kier alpha value is -1.65. The number of benzene rings is 1. The minimum Gasteiger partial charge on any atom is -0.326 e. The highest BCUT2D eigenvalue weighted by atomic mass is 35.5. The first kappa shape index (κ1) is 12.8. The van der Waals surface area contributed by atoms with Gasteiger partial charge in [-0.2, -0.15) is 5.10 Å². The van der Waals surface area contributed by atoms with Gasteiger partial charge in [0.1, 0.15) is 0 Å². The molecule has 2 rings (SSSR count). The van der Waals surface area contributed by atoms with Crippen LogP contribution in [0.15, 0.2) is 35.1 Å². The highest BCUT2D eigenvalue weighted by Crippen LogP contribution is 2.15. The van der Waals surface area contributed by atoms with E-state index in [1.807, 2.05) is 25.1 Å². The lowest BCUT2D eigenvalue weighted by Crippen LogP contribution is -2.25. The van der Waals surface area contributed by atoms with Crippen molar-refractivity contribution in [1.29, 1.82) is 0 Å². The highest BCUT2D eigenvalue weighted by Gasteiger charge is 2.06. The Bertz CT molecular complexity index is 622. The summed E-state index contributed by atoms with van der Waals surface area (Å²) in [5.74, 6) is 0. The van der Waals surface area contributed by atoms with Crippen molar-refractivity contribution in [3.8, 4) is 0 Å². The second-order valence-corrected chi connectivity index (χ2v) is 4.45. The lowest BCUT2D eigenvalue weighted by molar-refractivity contribution is 0.622. The van der Waals surface area contributed by atoms with Crippen LogP contribution in [0.25, 0.3) is 0 Å². The van der Waals surface area contributed by atoms with Gasteiger partial charge in [-0.05, 0) is 24.1 Å². The monoisotopic (exact) mass is 263 g/mol. The number of hydrogen-bond acceptors (Lipinski definition) is 3. The average Bonchev–Trinajstić information content (AvgIpc) is 2.36. The Morgan fingerprint density at radius 3 is 2.72 bits per heavy atom. The first-order valence-corrected chi connectivity index (χ1v) is 6.00. The number of aryl methyl sites for hydroxylation is 1. The van der Waals surface area contributed by atoms with Gasteiger partial charge in [-0.15, -0.1) is 0 Å². The van der Waals surface area contributed by atoms with E-state index >= 15 is 0 Å².